The lowest BCUT2D eigenvalue weighted by molar-refractivity contribution is 0.101. The summed E-state index contributed by atoms with van der Waals surface area (Å²) >= 11 is 11.8. The Balaban J connectivity index is 0.00000324. The summed E-state index contributed by atoms with van der Waals surface area (Å²) in [6.07, 6.45) is 0. The van der Waals surface area contributed by atoms with Crippen molar-refractivity contribution in [2.45, 2.75) is 0 Å². The molecule has 0 unspecified atom stereocenters. The van der Waals surface area contributed by atoms with Gasteiger partial charge in [0, 0.05) is 24.2 Å². The van der Waals surface area contributed by atoms with Crippen LogP contribution in [0.2, 0.25) is 10.0 Å². The maximum atomic E-state index is 8.53. The van der Waals surface area contributed by atoms with Gasteiger partial charge in [-0.25, -0.2) is 0 Å². The summed E-state index contributed by atoms with van der Waals surface area (Å²) in [5, 5.41) is 12.7. The molecular weight excluding hydrogens is 312 g/mol. The fourth-order valence-electron chi connectivity index (χ4n) is 1.25. The van der Waals surface area contributed by atoms with Gasteiger partial charge >= 0.3 is 0 Å². The van der Waals surface area contributed by atoms with Crippen molar-refractivity contribution in [2.24, 2.45) is 0 Å². The summed E-state index contributed by atoms with van der Waals surface area (Å²) in [6, 6.07) is 5.08. The van der Waals surface area contributed by atoms with Crippen LogP contribution in [0.5, 0.6) is 5.75 Å². The molecule has 0 atom stereocenters. The zero-order valence-corrected chi connectivity index (χ0v) is 12.7. The number of aliphatic hydroxyl groups is 1. The monoisotopic (exact) mass is 329 g/mol. The lowest BCUT2D eigenvalue weighted by atomic mass is 10.3. The van der Waals surface area contributed by atoms with Crippen LogP contribution in [0.15, 0.2) is 18.2 Å². The fraction of sp³-hybridized carbons (Fsp3) is 0.500. The molecule has 7 heteroatoms. The van der Waals surface area contributed by atoms with Gasteiger partial charge < -0.3 is 19.9 Å². The van der Waals surface area contributed by atoms with Crippen molar-refractivity contribution < 1.29 is 14.6 Å². The number of benzene rings is 1. The Morgan fingerprint density at radius 2 is 1.89 bits per heavy atom. The number of ether oxygens (including phenoxy) is 2. The molecule has 0 spiro atoms. The highest BCUT2D eigenvalue weighted by molar-refractivity contribution is 6.34. The first-order valence-electron chi connectivity index (χ1n) is 5.71. The highest BCUT2D eigenvalue weighted by atomic mass is 35.5. The Hall–Kier alpha value is -0.230. The summed E-state index contributed by atoms with van der Waals surface area (Å²) in [4.78, 5) is 0. The van der Waals surface area contributed by atoms with Crippen molar-refractivity contribution >= 4 is 35.6 Å². The number of aliphatic hydroxyl groups excluding tert-OH is 1. The molecule has 4 nitrogen and oxygen atoms in total. The Bertz CT molecular complexity index is 353. The third kappa shape index (κ3) is 8.52. The van der Waals surface area contributed by atoms with E-state index in [1.165, 1.54) is 0 Å². The van der Waals surface area contributed by atoms with Gasteiger partial charge in [-0.15, -0.1) is 12.4 Å². The minimum absolute atomic E-state index is 0. The SMILES string of the molecule is Cl.OCCNCCOCCOc1cc(Cl)ccc1Cl. The maximum Gasteiger partial charge on any atom is 0.139 e. The molecule has 1 aromatic rings. The summed E-state index contributed by atoms with van der Waals surface area (Å²) < 4.78 is 10.8. The van der Waals surface area contributed by atoms with Gasteiger partial charge in [-0.3, -0.25) is 0 Å². The molecule has 0 aromatic heterocycles. The molecular formula is C12H18Cl3NO3. The van der Waals surface area contributed by atoms with E-state index >= 15 is 0 Å². The van der Waals surface area contributed by atoms with Gasteiger partial charge in [0.25, 0.3) is 0 Å². The lowest BCUT2D eigenvalue weighted by Gasteiger charge is -2.09. The third-order valence-electron chi connectivity index (χ3n) is 2.09. The van der Waals surface area contributed by atoms with Crippen LogP contribution >= 0.6 is 35.6 Å². The normalized spacial score (nSPS) is 10.1. The number of halogens is 3. The van der Waals surface area contributed by atoms with Crippen LogP contribution in [-0.4, -0.2) is 44.6 Å². The van der Waals surface area contributed by atoms with Crippen molar-refractivity contribution in [3.05, 3.63) is 28.2 Å². The van der Waals surface area contributed by atoms with Crippen LogP contribution in [0.4, 0.5) is 0 Å². The molecule has 0 heterocycles. The zero-order chi connectivity index (χ0) is 13.2. The highest BCUT2D eigenvalue weighted by Gasteiger charge is 2.02. The molecule has 2 N–H and O–H groups in total. The molecule has 0 radical (unpaired) electrons. The molecule has 1 aromatic carbocycles. The first-order valence-corrected chi connectivity index (χ1v) is 6.47. The fourth-order valence-corrected chi connectivity index (χ4v) is 1.58. The number of nitrogens with one attached hydrogen (secondary N) is 1. The quantitative estimate of drug-likeness (QED) is 0.683. The number of rotatable bonds is 9. The van der Waals surface area contributed by atoms with Crippen molar-refractivity contribution in [2.75, 3.05) is 39.5 Å². The molecule has 0 fully saturated rings. The Morgan fingerprint density at radius 1 is 1.11 bits per heavy atom. The van der Waals surface area contributed by atoms with Gasteiger partial charge in [-0.05, 0) is 12.1 Å². The average Bonchev–Trinajstić information content (AvgIpc) is 2.36. The van der Waals surface area contributed by atoms with E-state index in [1.807, 2.05) is 0 Å². The largest absolute Gasteiger partial charge is 0.490 e. The van der Waals surface area contributed by atoms with Crippen LogP contribution in [0.1, 0.15) is 0 Å². The van der Waals surface area contributed by atoms with Crippen molar-refractivity contribution in [3.8, 4) is 5.75 Å². The number of hydrogen-bond acceptors (Lipinski definition) is 4. The van der Waals surface area contributed by atoms with Gasteiger partial charge in [-0.1, -0.05) is 23.2 Å². The Morgan fingerprint density at radius 3 is 2.63 bits per heavy atom. The van der Waals surface area contributed by atoms with Crippen LogP contribution in [-0.2, 0) is 4.74 Å². The van der Waals surface area contributed by atoms with Gasteiger partial charge in [0.15, 0.2) is 0 Å². The molecule has 0 aliphatic rings. The second kappa shape index (κ2) is 11.6. The van der Waals surface area contributed by atoms with Gasteiger partial charge in [0.05, 0.1) is 24.8 Å². The second-order valence-electron chi connectivity index (χ2n) is 3.51. The smallest absolute Gasteiger partial charge is 0.139 e. The van der Waals surface area contributed by atoms with E-state index in [-0.39, 0.29) is 19.0 Å². The van der Waals surface area contributed by atoms with Crippen LogP contribution < -0.4 is 10.1 Å². The standard InChI is InChI=1S/C12H17Cl2NO3.ClH/c13-10-1-2-11(14)12(9-10)18-8-7-17-6-4-15-3-5-16;/h1-2,9,15-16H,3-8H2;1H. The van der Waals surface area contributed by atoms with E-state index < -0.39 is 0 Å². The zero-order valence-electron chi connectivity index (χ0n) is 10.4. The van der Waals surface area contributed by atoms with E-state index in [1.54, 1.807) is 18.2 Å². The summed E-state index contributed by atoms with van der Waals surface area (Å²) in [5.41, 5.74) is 0. The topological polar surface area (TPSA) is 50.7 Å². The molecule has 0 saturated heterocycles. The van der Waals surface area contributed by atoms with E-state index in [0.717, 1.165) is 0 Å². The van der Waals surface area contributed by atoms with E-state index in [2.05, 4.69) is 5.32 Å². The molecule has 0 bridgehead atoms. The van der Waals surface area contributed by atoms with E-state index in [9.17, 15) is 0 Å². The van der Waals surface area contributed by atoms with Crippen molar-refractivity contribution in [1.82, 2.24) is 5.32 Å². The summed E-state index contributed by atoms with van der Waals surface area (Å²) in [6.45, 7) is 2.89. The Labute approximate surface area is 129 Å². The van der Waals surface area contributed by atoms with E-state index in [0.29, 0.717) is 48.7 Å². The molecule has 1 rings (SSSR count). The van der Waals surface area contributed by atoms with Crippen molar-refractivity contribution in [3.63, 3.8) is 0 Å². The summed E-state index contributed by atoms with van der Waals surface area (Å²) in [5.74, 6) is 0.561. The molecule has 0 amide bonds. The molecule has 0 aliphatic heterocycles. The lowest BCUT2D eigenvalue weighted by Crippen LogP contribution is -2.23. The van der Waals surface area contributed by atoms with Crippen LogP contribution in [0.25, 0.3) is 0 Å². The van der Waals surface area contributed by atoms with E-state index in [4.69, 9.17) is 37.8 Å². The first kappa shape index (κ1) is 18.8. The van der Waals surface area contributed by atoms with Crippen LogP contribution in [0.3, 0.4) is 0 Å². The minimum atomic E-state index is 0. The predicted molar refractivity (Wildman–Crippen MR) is 80.0 cm³/mol. The second-order valence-corrected chi connectivity index (χ2v) is 4.35. The minimum Gasteiger partial charge on any atom is -0.490 e. The number of hydrogen-bond donors (Lipinski definition) is 2. The van der Waals surface area contributed by atoms with Gasteiger partial charge in [0.2, 0.25) is 0 Å². The Kier molecular flexibility index (Phi) is 11.4. The van der Waals surface area contributed by atoms with Gasteiger partial charge in [0.1, 0.15) is 12.4 Å². The van der Waals surface area contributed by atoms with Crippen molar-refractivity contribution in [1.29, 1.82) is 0 Å². The third-order valence-corrected chi connectivity index (χ3v) is 2.64. The predicted octanol–water partition coefficient (Wildman–Crippen LogP) is 2.39. The molecule has 110 valence electrons. The highest BCUT2D eigenvalue weighted by Crippen LogP contribution is 2.27. The molecule has 0 saturated carbocycles. The average molecular weight is 331 g/mol. The molecule has 0 aliphatic carbocycles. The van der Waals surface area contributed by atoms with Gasteiger partial charge in [-0.2, -0.15) is 0 Å². The first-order chi connectivity index (χ1) is 8.74. The molecule has 19 heavy (non-hydrogen) atoms. The maximum absolute atomic E-state index is 8.53. The van der Waals surface area contributed by atoms with Crippen LogP contribution in [0, 0.1) is 0 Å². The summed E-state index contributed by atoms with van der Waals surface area (Å²) in [7, 11) is 0.